The predicted molar refractivity (Wildman–Crippen MR) is 72.2 cm³/mol. The van der Waals surface area contributed by atoms with Gasteiger partial charge in [0.1, 0.15) is 11.6 Å². The van der Waals surface area contributed by atoms with Crippen molar-refractivity contribution in [3.05, 3.63) is 41.1 Å². The van der Waals surface area contributed by atoms with Crippen molar-refractivity contribution in [2.45, 2.75) is 11.9 Å². The zero-order chi connectivity index (χ0) is 15.6. The van der Waals surface area contributed by atoms with Gasteiger partial charge in [0, 0.05) is 0 Å². The van der Waals surface area contributed by atoms with Crippen LogP contribution in [0, 0.1) is 18.3 Å². The molecule has 3 N–H and O–H groups in total. The number of sulfonamides is 1. The molecular weight excluding hydrogens is 296 g/mol. The number of H-pyrrole nitrogens is 1. The van der Waals surface area contributed by atoms with Crippen molar-refractivity contribution >= 4 is 21.7 Å². The molecule has 2 rings (SSSR count). The van der Waals surface area contributed by atoms with Gasteiger partial charge in [-0.1, -0.05) is 12.1 Å². The fourth-order valence-corrected chi connectivity index (χ4v) is 2.89. The molecule has 0 amide bonds. The van der Waals surface area contributed by atoms with Gasteiger partial charge < -0.3 is 5.11 Å². The minimum Gasteiger partial charge on any atom is -0.478 e. The van der Waals surface area contributed by atoms with Gasteiger partial charge in [-0.05, 0) is 18.6 Å². The summed E-state index contributed by atoms with van der Waals surface area (Å²) in [5.74, 6) is -1.42. The van der Waals surface area contributed by atoms with Gasteiger partial charge in [0.05, 0.1) is 17.4 Å². The number of anilines is 1. The van der Waals surface area contributed by atoms with Gasteiger partial charge in [-0.3, -0.25) is 9.82 Å². The van der Waals surface area contributed by atoms with E-state index >= 15 is 0 Å². The normalized spacial score (nSPS) is 10.9. The second-order valence-electron chi connectivity index (χ2n) is 4.13. The highest BCUT2D eigenvalue weighted by atomic mass is 32.2. The third-order valence-corrected chi connectivity index (χ3v) is 4.07. The van der Waals surface area contributed by atoms with E-state index in [-0.39, 0.29) is 11.3 Å². The van der Waals surface area contributed by atoms with Crippen LogP contribution in [0.3, 0.4) is 0 Å². The molecule has 0 unspecified atom stereocenters. The van der Waals surface area contributed by atoms with Crippen molar-refractivity contribution < 1.29 is 18.3 Å². The Labute approximate surface area is 120 Å². The number of nitrogens with zero attached hydrogens (tertiary/aromatic N) is 2. The van der Waals surface area contributed by atoms with E-state index in [1.165, 1.54) is 6.07 Å². The van der Waals surface area contributed by atoms with Crippen LogP contribution in [0.4, 0.5) is 5.69 Å². The SMILES string of the molecule is Cc1cccc(NS(=O)(=O)c2[nH]ncc2C(=O)O)c1C#N. The second kappa shape index (κ2) is 5.26. The minimum absolute atomic E-state index is 0.0726. The van der Waals surface area contributed by atoms with Gasteiger partial charge in [-0.25, -0.2) is 4.79 Å². The van der Waals surface area contributed by atoms with E-state index in [0.717, 1.165) is 6.20 Å². The zero-order valence-corrected chi connectivity index (χ0v) is 11.6. The number of nitrogens with one attached hydrogen (secondary N) is 2. The van der Waals surface area contributed by atoms with E-state index in [0.29, 0.717) is 5.56 Å². The fraction of sp³-hybridized carbons (Fsp3) is 0.0833. The molecule has 0 aliphatic rings. The lowest BCUT2D eigenvalue weighted by atomic mass is 10.1. The van der Waals surface area contributed by atoms with Crippen molar-refractivity contribution in [3.63, 3.8) is 0 Å². The summed E-state index contributed by atoms with van der Waals surface area (Å²) < 4.78 is 26.6. The van der Waals surface area contributed by atoms with Crippen LogP contribution in [0.2, 0.25) is 0 Å². The van der Waals surface area contributed by atoms with E-state index in [1.807, 2.05) is 6.07 Å². The summed E-state index contributed by atoms with van der Waals surface area (Å²) in [6.45, 7) is 1.66. The first-order chi connectivity index (χ1) is 9.86. The monoisotopic (exact) mass is 306 g/mol. The van der Waals surface area contributed by atoms with Gasteiger partial charge in [-0.15, -0.1) is 0 Å². The summed E-state index contributed by atoms with van der Waals surface area (Å²) in [5, 5.41) is 23.0. The largest absolute Gasteiger partial charge is 0.478 e. The first-order valence-corrected chi connectivity index (χ1v) is 7.14. The Balaban J connectivity index is 2.49. The molecule has 0 fully saturated rings. The number of aryl methyl sites for hydroxylation is 1. The molecule has 0 atom stereocenters. The van der Waals surface area contributed by atoms with Crippen LogP contribution in [-0.4, -0.2) is 29.7 Å². The van der Waals surface area contributed by atoms with Gasteiger partial charge in [0.2, 0.25) is 0 Å². The molecule has 8 nitrogen and oxygen atoms in total. The molecule has 108 valence electrons. The van der Waals surface area contributed by atoms with E-state index in [2.05, 4.69) is 14.9 Å². The maximum atomic E-state index is 12.2. The summed E-state index contributed by atoms with van der Waals surface area (Å²) in [6.07, 6.45) is 0.901. The Bertz CT molecular complexity index is 848. The quantitative estimate of drug-likeness (QED) is 0.773. The van der Waals surface area contributed by atoms with E-state index in [4.69, 9.17) is 10.4 Å². The molecule has 0 aliphatic carbocycles. The average Bonchev–Trinajstić information content (AvgIpc) is 2.88. The van der Waals surface area contributed by atoms with Gasteiger partial charge in [-0.2, -0.15) is 18.8 Å². The average molecular weight is 306 g/mol. The Morgan fingerprint density at radius 2 is 2.19 bits per heavy atom. The second-order valence-corrected chi connectivity index (χ2v) is 5.75. The first-order valence-electron chi connectivity index (χ1n) is 5.66. The smallest absolute Gasteiger partial charge is 0.340 e. The highest BCUT2D eigenvalue weighted by molar-refractivity contribution is 7.92. The van der Waals surface area contributed by atoms with Gasteiger partial charge in [0.25, 0.3) is 10.0 Å². The molecule has 21 heavy (non-hydrogen) atoms. The number of nitriles is 1. The van der Waals surface area contributed by atoms with Crippen LogP contribution in [0.15, 0.2) is 29.4 Å². The van der Waals surface area contributed by atoms with Crippen LogP contribution >= 0.6 is 0 Å². The van der Waals surface area contributed by atoms with Crippen molar-refractivity contribution in [1.29, 1.82) is 5.26 Å². The van der Waals surface area contributed by atoms with Gasteiger partial charge >= 0.3 is 5.97 Å². The Kier molecular flexibility index (Phi) is 3.64. The van der Waals surface area contributed by atoms with E-state index in [9.17, 15) is 13.2 Å². The standard InChI is InChI=1S/C12H10N4O4S/c1-7-3-2-4-10(8(7)5-13)16-21(19,20)11-9(12(17)18)6-14-15-11/h2-4,6,16H,1H3,(H,14,15)(H,17,18). The van der Waals surface area contributed by atoms with Crippen LogP contribution in [0.1, 0.15) is 21.5 Å². The first kappa shape index (κ1) is 14.5. The topological polar surface area (TPSA) is 136 Å². The number of benzene rings is 1. The number of hydrogen-bond donors (Lipinski definition) is 3. The molecular formula is C12H10N4O4S. The molecule has 1 aromatic carbocycles. The third-order valence-electron chi connectivity index (χ3n) is 2.73. The molecule has 0 aliphatic heterocycles. The third kappa shape index (κ3) is 2.70. The molecule has 0 saturated heterocycles. The lowest BCUT2D eigenvalue weighted by molar-refractivity contribution is 0.0692. The lowest BCUT2D eigenvalue weighted by Gasteiger charge is -2.10. The fourth-order valence-electron chi connectivity index (χ4n) is 1.73. The molecule has 9 heteroatoms. The molecule has 2 aromatic rings. The predicted octanol–water partition coefficient (Wildman–Crippen LogP) is 1.09. The Morgan fingerprint density at radius 3 is 2.81 bits per heavy atom. The molecule has 1 aromatic heterocycles. The summed E-state index contributed by atoms with van der Waals surface area (Å²) >= 11 is 0. The number of carbonyl (C=O) groups is 1. The van der Waals surface area contributed by atoms with Crippen LogP contribution < -0.4 is 4.72 Å². The number of aromatic nitrogens is 2. The van der Waals surface area contributed by atoms with Gasteiger partial charge in [0.15, 0.2) is 5.03 Å². The maximum absolute atomic E-state index is 12.2. The molecule has 0 spiro atoms. The summed E-state index contributed by atoms with van der Waals surface area (Å²) in [4.78, 5) is 11.0. The van der Waals surface area contributed by atoms with Crippen molar-refractivity contribution in [2.75, 3.05) is 4.72 Å². The van der Waals surface area contributed by atoms with Crippen molar-refractivity contribution in [3.8, 4) is 6.07 Å². The van der Waals surface area contributed by atoms with Crippen LogP contribution in [-0.2, 0) is 10.0 Å². The maximum Gasteiger partial charge on any atom is 0.340 e. The van der Waals surface area contributed by atoms with E-state index < -0.39 is 26.6 Å². The molecule has 0 saturated carbocycles. The molecule has 0 bridgehead atoms. The Morgan fingerprint density at radius 1 is 1.48 bits per heavy atom. The van der Waals surface area contributed by atoms with E-state index in [1.54, 1.807) is 19.1 Å². The van der Waals surface area contributed by atoms with Crippen LogP contribution in [0.25, 0.3) is 0 Å². The summed E-state index contributed by atoms with van der Waals surface area (Å²) in [5.41, 5.74) is 0.357. The number of carboxylic acid groups (broad SMARTS) is 1. The molecule has 1 heterocycles. The van der Waals surface area contributed by atoms with Crippen LogP contribution in [0.5, 0.6) is 0 Å². The number of hydrogen-bond acceptors (Lipinski definition) is 5. The Hall–Kier alpha value is -2.86. The summed E-state index contributed by atoms with van der Waals surface area (Å²) in [6, 6.07) is 6.56. The number of rotatable bonds is 4. The van der Waals surface area contributed by atoms with Crippen molar-refractivity contribution in [2.24, 2.45) is 0 Å². The highest BCUT2D eigenvalue weighted by Gasteiger charge is 2.25. The molecule has 0 radical (unpaired) electrons. The summed E-state index contributed by atoms with van der Waals surface area (Å²) in [7, 11) is -4.20. The minimum atomic E-state index is -4.20. The van der Waals surface area contributed by atoms with Crippen molar-refractivity contribution in [1.82, 2.24) is 10.2 Å². The zero-order valence-electron chi connectivity index (χ0n) is 10.8. The lowest BCUT2D eigenvalue weighted by Crippen LogP contribution is -2.17. The number of carboxylic acids is 1. The highest BCUT2D eigenvalue weighted by Crippen LogP contribution is 2.22. The number of aromatic carboxylic acids is 1. The number of aromatic amines is 1.